The van der Waals surface area contributed by atoms with Crippen LogP contribution in [0.25, 0.3) is 5.69 Å². The van der Waals surface area contributed by atoms with Gasteiger partial charge in [-0.25, -0.2) is 4.39 Å². The van der Waals surface area contributed by atoms with Crippen LogP contribution in [0.2, 0.25) is 5.02 Å². The van der Waals surface area contributed by atoms with Crippen molar-refractivity contribution in [1.29, 1.82) is 0 Å². The van der Waals surface area contributed by atoms with Gasteiger partial charge in [0, 0.05) is 6.07 Å². The molecule has 0 fully saturated rings. The first-order valence-electron chi connectivity index (χ1n) is 7.83. The minimum atomic E-state index is -4.16. The van der Waals surface area contributed by atoms with Crippen molar-refractivity contribution in [3.8, 4) is 11.6 Å². The van der Waals surface area contributed by atoms with Crippen LogP contribution in [0.4, 0.5) is 4.39 Å². The molecule has 0 aliphatic carbocycles. The molecule has 0 bridgehead atoms. The maximum Gasteiger partial charge on any atom is 0.340 e. The van der Waals surface area contributed by atoms with Gasteiger partial charge in [0.25, 0.3) is 0 Å². The molecule has 0 spiro atoms. The van der Waals surface area contributed by atoms with E-state index in [1.165, 1.54) is 4.68 Å². The molecule has 3 rings (SSSR count). The van der Waals surface area contributed by atoms with Crippen molar-refractivity contribution in [2.75, 3.05) is 0 Å². The number of aromatic nitrogens is 2. The van der Waals surface area contributed by atoms with E-state index in [1.54, 1.807) is 30.3 Å². The third kappa shape index (κ3) is 3.73. The summed E-state index contributed by atoms with van der Waals surface area (Å²) < 4.78 is 44.8. The Labute approximate surface area is 156 Å². The molecule has 0 saturated carbocycles. The average molecular weight is 395 g/mol. The van der Waals surface area contributed by atoms with E-state index < -0.39 is 15.9 Å². The molecular formula is C18H16ClFN2O3S. The molecule has 136 valence electrons. The Morgan fingerprint density at radius 1 is 1.12 bits per heavy atom. The minimum absolute atomic E-state index is 0.00567. The van der Waals surface area contributed by atoms with Gasteiger partial charge in [0.2, 0.25) is 5.88 Å². The summed E-state index contributed by atoms with van der Waals surface area (Å²) in [5, 5.41) is 4.81. The normalized spacial score (nSPS) is 11.7. The molecule has 1 heterocycles. The van der Waals surface area contributed by atoms with Gasteiger partial charge in [0.1, 0.15) is 10.7 Å². The second kappa shape index (κ2) is 7.09. The smallest absolute Gasteiger partial charge is 0.340 e. The van der Waals surface area contributed by atoms with Gasteiger partial charge in [0.15, 0.2) is 0 Å². The van der Waals surface area contributed by atoms with Crippen LogP contribution >= 0.6 is 11.6 Å². The highest BCUT2D eigenvalue weighted by atomic mass is 35.5. The third-order valence-corrected chi connectivity index (χ3v) is 5.22. The second-order valence-corrected chi connectivity index (χ2v) is 7.87. The first-order valence-corrected chi connectivity index (χ1v) is 9.61. The molecule has 2 aromatic carbocycles. The average Bonchev–Trinajstić information content (AvgIpc) is 2.99. The predicted octanol–water partition coefficient (Wildman–Crippen LogP) is 4.56. The molecule has 0 atom stereocenters. The Morgan fingerprint density at radius 3 is 2.38 bits per heavy atom. The number of halogens is 2. The van der Waals surface area contributed by atoms with Gasteiger partial charge in [-0.15, -0.1) is 0 Å². The summed E-state index contributed by atoms with van der Waals surface area (Å²) in [6.45, 7) is 3.86. The number of benzene rings is 2. The minimum Gasteiger partial charge on any atom is -0.358 e. The van der Waals surface area contributed by atoms with Crippen LogP contribution in [0.15, 0.2) is 59.5 Å². The largest absolute Gasteiger partial charge is 0.358 e. The Kier molecular flexibility index (Phi) is 5.02. The van der Waals surface area contributed by atoms with Gasteiger partial charge < -0.3 is 4.18 Å². The number of para-hydroxylation sites is 1. The lowest BCUT2D eigenvalue weighted by Gasteiger charge is -2.10. The van der Waals surface area contributed by atoms with Crippen LogP contribution in [0, 0.1) is 5.82 Å². The molecule has 0 saturated heterocycles. The fourth-order valence-electron chi connectivity index (χ4n) is 2.28. The van der Waals surface area contributed by atoms with Gasteiger partial charge in [-0.2, -0.15) is 18.2 Å². The zero-order valence-electron chi connectivity index (χ0n) is 14.1. The fourth-order valence-corrected chi connectivity index (χ4v) is 3.41. The van der Waals surface area contributed by atoms with Crippen LogP contribution < -0.4 is 4.18 Å². The summed E-state index contributed by atoms with van der Waals surface area (Å²) in [6.07, 6.45) is 0. The number of hydrogen-bond donors (Lipinski definition) is 0. The number of nitrogens with zero attached hydrogens (tertiary/aromatic N) is 2. The summed E-state index contributed by atoms with van der Waals surface area (Å²) >= 11 is 6.22. The highest BCUT2D eigenvalue weighted by molar-refractivity contribution is 7.87. The van der Waals surface area contributed by atoms with Crippen LogP contribution in [0.5, 0.6) is 5.88 Å². The van der Waals surface area contributed by atoms with Crippen molar-refractivity contribution in [3.05, 3.63) is 71.1 Å². The summed E-state index contributed by atoms with van der Waals surface area (Å²) in [5.41, 5.74) is 1.14. The van der Waals surface area contributed by atoms with E-state index in [1.807, 2.05) is 13.8 Å². The Bertz CT molecular complexity index is 1030. The number of hydrogen-bond acceptors (Lipinski definition) is 4. The first kappa shape index (κ1) is 18.4. The summed E-state index contributed by atoms with van der Waals surface area (Å²) in [6, 6.07) is 12.8. The van der Waals surface area contributed by atoms with Crippen LogP contribution in [0.1, 0.15) is 25.5 Å². The summed E-state index contributed by atoms with van der Waals surface area (Å²) in [5.74, 6) is -0.479. The Hall–Kier alpha value is -2.38. The van der Waals surface area contributed by atoms with Gasteiger partial charge in [-0.05, 0) is 42.3 Å². The third-order valence-electron chi connectivity index (χ3n) is 3.67. The van der Waals surface area contributed by atoms with Crippen molar-refractivity contribution in [2.24, 2.45) is 0 Å². The van der Waals surface area contributed by atoms with Gasteiger partial charge in [0.05, 0.1) is 16.4 Å². The van der Waals surface area contributed by atoms with E-state index in [4.69, 9.17) is 15.8 Å². The zero-order chi connectivity index (χ0) is 18.9. The van der Waals surface area contributed by atoms with Gasteiger partial charge >= 0.3 is 10.1 Å². The molecule has 3 aromatic rings. The van der Waals surface area contributed by atoms with Crippen molar-refractivity contribution in [1.82, 2.24) is 9.78 Å². The molecule has 0 radical (unpaired) electrons. The van der Waals surface area contributed by atoms with Crippen molar-refractivity contribution in [3.63, 3.8) is 0 Å². The first-order chi connectivity index (χ1) is 12.3. The maximum absolute atomic E-state index is 13.1. The SMILES string of the molecule is CC(C)c1cc(OS(=O)(=O)c2ccc(F)cc2)n(-c2ccccc2Cl)n1. The molecule has 0 N–H and O–H groups in total. The molecular weight excluding hydrogens is 379 g/mol. The van der Waals surface area contributed by atoms with Crippen LogP contribution in [0.3, 0.4) is 0 Å². The monoisotopic (exact) mass is 394 g/mol. The number of rotatable bonds is 5. The Morgan fingerprint density at radius 2 is 1.77 bits per heavy atom. The van der Waals surface area contributed by atoms with E-state index in [2.05, 4.69) is 5.10 Å². The van der Waals surface area contributed by atoms with Crippen LogP contribution in [-0.4, -0.2) is 18.2 Å². The Balaban J connectivity index is 2.07. The van der Waals surface area contributed by atoms with Gasteiger partial charge in [-0.3, -0.25) is 0 Å². The standard InChI is InChI=1S/C18H16ClFN2O3S/c1-12(2)16-11-18(22(21-16)17-6-4-3-5-15(17)19)25-26(23,24)14-9-7-13(20)8-10-14/h3-12H,1-2H3. The quantitative estimate of drug-likeness (QED) is 0.595. The molecule has 0 aliphatic rings. The van der Waals surface area contributed by atoms with E-state index in [0.29, 0.717) is 16.4 Å². The molecule has 5 nitrogen and oxygen atoms in total. The molecule has 1 aromatic heterocycles. The highest BCUT2D eigenvalue weighted by Gasteiger charge is 2.22. The summed E-state index contributed by atoms with van der Waals surface area (Å²) in [7, 11) is -4.16. The van der Waals surface area contributed by atoms with E-state index in [-0.39, 0.29) is 16.7 Å². The molecule has 0 aliphatic heterocycles. The lowest BCUT2D eigenvalue weighted by atomic mass is 10.1. The molecule has 8 heteroatoms. The van der Waals surface area contributed by atoms with E-state index in [9.17, 15) is 12.8 Å². The highest BCUT2D eigenvalue weighted by Crippen LogP contribution is 2.29. The fraction of sp³-hybridized carbons (Fsp3) is 0.167. The van der Waals surface area contributed by atoms with Crippen molar-refractivity contribution < 1.29 is 17.0 Å². The van der Waals surface area contributed by atoms with Crippen molar-refractivity contribution >= 4 is 21.7 Å². The van der Waals surface area contributed by atoms with Crippen LogP contribution in [-0.2, 0) is 10.1 Å². The van der Waals surface area contributed by atoms with E-state index >= 15 is 0 Å². The topological polar surface area (TPSA) is 61.2 Å². The lowest BCUT2D eigenvalue weighted by molar-refractivity contribution is 0.464. The summed E-state index contributed by atoms with van der Waals surface area (Å²) in [4.78, 5) is -0.156. The molecule has 0 amide bonds. The maximum atomic E-state index is 13.1. The second-order valence-electron chi connectivity index (χ2n) is 5.92. The zero-order valence-corrected chi connectivity index (χ0v) is 15.6. The van der Waals surface area contributed by atoms with Crippen molar-refractivity contribution in [2.45, 2.75) is 24.7 Å². The van der Waals surface area contributed by atoms with Gasteiger partial charge in [-0.1, -0.05) is 37.6 Å². The molecule has 26 heavy (non-hydrogen) atoms. The lowest BCUT2D eigenvalue weighted by Crippen LogP contribution is -2.13. The van der Waals surface area contributed by atoms with E-state index in [0.717, 1.165) is 24.3 Å². The predicted molar refractivity (Wildman–Crippen MR) is 96.9 cm³/mol. The molecule has 0 unspecified atom stereocenters.